The van der Waals surface area contributed by atoms with Crippen LogP contribution in [0.1, 0.15) is 45.2 Å². The molecular weight excluding hydrogens is 528 g/mol. The number of amides is 2. The third-order valence-electron chi connectivity index (χ3n) is 7.18. The summed E-state index contributed by atoms with van der Waals surface area (Å²) in [6.45, 7) is 3.33. The minimum absolute atomic E-state index is 0.0632. The van der Waals surface area contributed by atoms with E-state index in [0.717, 1.165) is 16.9 Å². The van der Waals surface area contributed by atoms with Gasteiger partial charge >= 0.3 is 5.97 Å². The molecule has 7 heteroatoms. The monoisotopic (exact) mass is 564 g/mol. The van der Waals surface area contributed by atoms with Crippen LogP contribution in [0.5, 0.6) is 5.75 Å². The highest BCUT2D eigenvalue weighted by molar-refractivity contribution is 6.06. The molecule has 0 saturated carbocycles. The van der Waals surface area contributed by atoms with Gasteiger partial charge in [-0.05, 0) is 59.9 Å². The minimum Gasteiger partial charge on any atom is -0.497 e. The van der Waals surface area contributed by atoms with Crippen LogP contribution in [0.3, 0.4) is 0 Å². The van der Waals surface area contributed by atoms with E-state index in [0.29, 0.717) is 48.3 Å². The largest absolute Gasteiger partial charge is 0.497 e. The van der Waals surface area contributed by atoms with Gasteiger partial charge in [0.2, 0.25) is 0 Å². The Morgan fingerprint density at radius 2 is 1.26 bits per heavy atom. The summed E-state index contributed by atoms with van der Waals surface area (Å²) >= 11 is 0. The van der Waals surface area contributed by atoms with Crippen LogP contribution in [-0.4, -0.2) is 59.4 Å². The zero-order valence-electron chi connectivity index (χ0n) is 24.0. The lowest BCUT2D eigenvalue weighted by atomic mass is 9.93. The van der Waals surface area contributed by atoms with Crippen LogP contribution in [0.2, 0.25) is 0 Å². The molecule has 4 aromatic carbocycles. The van der Waals surface area contributed by atoms with Crippen molar-refractivity contribution < 1.29 is 24.2 Å². The molecule has 0 aliphatic heterocycles. The highest BCUT2D eigenvalue weighted by Crippen LogP contribution is 2.30. The number of carboxylic acid groups (broad SMARTS) is 1. The second-order valence-corrected chi connectivity index (χ2v) is 9.93. The van der Waals surface area contributed by atoms with Gasteiger partial charge in [-0.1, -0.05) is 78.9 Å². The standard InChI is InChI=1S/C35H36N2O5/c1-3-36(25-27-12-5-4-6-13-27)34(40)31-18-9-7-16-29(31)30-17-8-10-19-32(30)35(41)37(23-21-33(38)39)22-20-26-14-11-15-28(24-26)42-2/h4-19,24H,3,20-23,25H2,1-2H3,(H,38,39). The number of carbonyl (C=O) groups excluding carboxylic acids is 2. The van der Waals surface area contributed by atoms with Crippen molar-refractivity contribution in [2.45, 2.75) is 26.3 Å². The van der Waals surface area contributed by atoms with Gasteiger partial charge in [-0.2, -0.15) is 0 Å². The molecule has 2 amide bonds. The summed E-state index contributed by atoms with van der Waals surface area (Å²) in [4.78, 5) is 42.7. The first-order valence-corrected chi connectivity index (χ1v) is 14.1. The van der Waals surface area contributed by atoms with Crippen LogP contribution in [0.4, 0.5) is 0 Å². The number of carbonyl (C=O) groups is 3. The SMILES string of the molecule is CCN(Cc1ccccc1)C(=O)c1ccccc1-c1ccccc1C(=O)N(CCC(=O)O)CCc1cccc(OC)c1. The second kappa shape index (κ2) is 14.6. The molecule has 216 valence electrons. The van der Waals surface area contributed by atoms with Gasteiger partial charge in [0.1, 0.15) is 5.75 Å². The van der Waals surface area contributed by atoms with E-state index in [1.54, 1.807) is 35.1 Å². The first kappa shape index (κ1) is 30.1. The predicted molar refractivity (Wildman–Crippen MR) is 164 cm³/mol. The Hall–Kier alpha value is -4.91. The summed E-state index contributed by atoms with van der Waals surface area (Å²) in [7, 11) is 1.60. The summed E-state index contributed by atoms with van der Waals surface area (Å²) in [5, 5.41) is 9.38. The number of benzene rings is 4. The highest BCUT2D eigenvalue weighted by Gasteiger charge is 2.24. The van der Waals surface area contributed by atoms with E-state index in [-0.39, 0.29) is 24.8 Å². The van der Waals surface area contributed by atoms with Crippen molar-refractivity contribution in [3.8, 4) is 16.9 Å². The third-order valence-corrected chi connectivity index (χ3v) is 7.18. The molecule has 4 rings (SSSR count). The van der Waals surface area contributed by atoms with Gasteiger partial charge in [0.25, 0.3) is 11.8 Å². The number of nitrogens with zero attached hydrogens (tertiary/aromatic N) is 2. The van der Waals surface area contributed by atoms with Crippen molar-refractivity contribution in [1.29, 1.82) is 0 Å². The van der Waals surface area contributed by atoms with Crippen LogP contribution in [0, 0.1) is 0 Å². The number of hydrogen-bond donors (Lipinski definition) is 1. The molecule has 0 aliphatic rings. The molecule has 0 heterocycles. The number of carboxylic acids is 1. The van der Waals surface area contributed by atoms with Crippen molar-refractivity contribution in [2.75, 3.05) is 26.7 Å². The zero-order chi connectivity index (χ0) is 29.9. The molecule has 0 radical (unpaired) electrons. The fourth-order valence-electron chi connectivity index (χ4n) is 4.92. The Kier molecular flexibility index (Phi) is 10.5. The van der Waals surface area contributed by atoms with E-state index in [9.17, 15) is 19.5 Å². The van der Waals surface area contributed by atoms with Crippen molar-refractivity contribution >= 4 is 17.8 Å². The van der Waals surface area contributed by atoms with E-state index in [1.165, 1.54) is 0 Å². The molecule has 0 saturated heterocycles. The normalized spacial score (nSPS) is 10.6. The van der Waals surface area contributed by atoms with Crippen molar-refractivity contribution in [3.63, 3.8) is 0 Å². The molecule has 0 fully saturated rings. The third kappa shape index (κ3) is 7.63. The number of hydrogen-bond acceptors (Lipinski definition) is 4. The molecule has 0 aliphatic carbocycles. The van der Waals surface area contributed by atoms with Gasteiger partial charge < -0.3 is 19.6 Å². The summed E-state index contributed by atoms with van der Waals surface area (Å²) in [6.07, 6.45) is 0.358. The maximum atomic E-state index is 14.0. The van der Waals surface area contributed by atoms with Gasteiger partial charge in [-0.3, -0.25) is 14.4 Å². The van der Waals surface area contributed by atoms with Gasteiger partial charge in [0, 0.05) is 37.3 Å². The molecule has 0 bridgehead atoms. The molecular formula is C35H36N2O5. The molecule has 0 aromatic heterocycles. The Morgan fingerprint density at radius 1 is 0.690 bits per heavy atom. The molecule has 0 spiro atoms. The second-order valence-electron chi connectivity index (χ2n) is 9.93. The minimum atomic E-state index is -0.975. The molecule has 1 N–H and O–H groups in total. The quantitative estimate of drug-likeness (QED) is 0.209. The van der Waals surface area contributed by atoms with Crippen LogP contribution in [0.15, 0.2) is 103 Å². The first-order chi connectivity index (χ1) is 20.4. The maximum Gasteiger partial charge on any atom is 0.305 e. The van der Waals surface area contributed by atoms with E-state index >= 15 is 0 Å². The van der Waals surface area contributed by atoms with E-state index in [4.69, 9.17) is 4.74 Å². The highest BCUT2D eigenvalue weighted by atomic mass is 16.5. The lowest BCUT2D eigenvalue weighted by Gasteiger charge is -2.25. The summed E-state index contributed by atoms with van der Waals surface area (Å²) < 4.78 is 5.32. The number of rotatable bonds is 13. The number of aliphatic carboxylic acids is 1. The summed E-state index contributed by atoms with van der Waals surface area (Å²) in [5.74, 6) is -0.666. The Balaban J connectivity index is 1.65. The topological polar surface area (TPSA) is 87.2 Å². The lowest BCUT2D eigenvalue weighted by Crippen LogP contribution is -2.35. The fraction of sp³-hybridized carbons (Fsp3) is 0.229. The van der Waals surface area contributed by atoms with Crippen molar-refractivity contribution in [2.24, 2.45) is 0 Å². The lowest BCUT2D eigenvalue weighted by molar-refractivity contribution is -0.137. The molecule has 42 heavy (non-hydrogen) atoms. The van der Waals surface area contributed by atoms with Gasteiger partial charge in [-0.25, -0.2) is 0 Å². The van der Waals surface area contributed by atoms with E-state index < -0.39 is 5.97 Å². The van der Waals surface area contributed by atoms with E-state index in [1.807, 2.05) is 91.9 Å². The van der Waals surface area contributed by atoms with Crippen LogP contribution < -0.4 is 4.74 Å². The van der Waals surface area contributed by atoms with E-state index in [2.05, 4.69) is 0 Å². The van der Waals surface area contributed by atoms with Crippen LogP contribution >= 0.6 is 0 Å². The van der Waals surface area contributed by atoms with Crippen LogP contribution in [-0.2, 0) is 17.8 Å². The number of methoxy groups -OCH3 is 1. The van der Waals surface area contributed by atoms with Crippen LogP contribution in [0.25, 0.3) is 11.1 Å². The van der Waals surface area contributed by atoms with Crippen molar-refractivity contribution in [3.05, 3.63) is 125 Å². The smallest absolute Gasteiger partial charge is 0.305 e. The Bertz CT molecular complexity index is 1520. The van der Waals surface area contributed by atoms with Gasteiger partial charge in [0.15, 0.2) is 0 Å². The molecule has 0 unspecified atom stereocenters. The van der Waals surface area contributed by atoms with Gasteiger partial charge in [-0.15, -0.1) is 0 Å². The van der Waals surface area contributed by atoms with Crippen molar-refractivity contribution in [1.82, 2.24) is 9.80 Å². The fourth-order valence-corrected chi connectivity index (χ4v) is 4.92. The Morgan fingerprint density at radius 3 is 1.86 bits per heavy atom. The van der Waals surface area contributed by atoms with Gasteiger partial charge in [0.05, 0.1) is 13.5 Å². The predicted octanol–water partition coefficient (Wildman–Crippen LogP) is 6.18. The Labute approximate surface area is 247 Å². The first-order valence-electron chi connectivity index (χ1n) is 14.1. The molecule has 7 nitrogen and oxygen atoms in total. The average Bonchev–Trinajstić information content (AvgIpc) is 3.03. The number of ether oxygens (including phenoxy) is 1. The maximum absolute atomic E-state index is 14.0. The average molecular weight is 565 g/mol. The molecule has 0 atom stereocenters. The summed E-state index contributed by atoms with van der Waals surface area (Å²) in [5.41, 5.74) is 4.22. The summed E-state index contributed by atoms with van der Waals surface area (Å²) in [6, 6.07) is 32.0. The zero-order valence-corrected chi connectivity index (χ0v) is 24.0. The molecule has 4 aromatic rings.